The lowest BCUT2D eigenvalue weighted by molar-refractivity contribution is -0.136. The molecule has 30 heavy (non-hydrogen) atoms. The van der Waals surface area contributed by atoms with E-state index in [4.69, 9.17) is 9.15 Å². The molecule has 1 aromatic carbocycles. The maximum absolute atomic E-state index is 13.1. The van der Waals surface area contributed by atoms with E-state index in [1.54, 1.807) is 4.90 Å². The van der Waals surface area contributed by atoms with Crippen LogP contribution in [0.4, 0.5) is 0 Å². The van der Waals surface area contributed by atoms with E-state index in [0.717, 1.165) is 23.3 Å². The maximum atomic E-state index is 13.1. The number of carbonyl (C=O) groups is 1. The molecule has 6 nitrogen and oxygen atoms in total. The number of furan rings is 1. The summed E-state index contributed by atoms with van der Waals surface area (Å²) in [6, 6.07) is 9.36. The number of carbonyl (C=O) groups excluding carboxylic acids is 1. The van der Waals surface area contributed by atoms with Gasteiger partial charge in [0.1, 0.15) is 17.3 Å². The maximum Gasteiger partial charge on any atom is 0.261 e. The Labute approximate surface area is 178 Å². The van der Waals surface area contributed by atoms with Crippen LogP contribution in [-0.2, 0) is 21.2 Å². The Hall–Kier alpha value is -2.28. The summed E-state index contributed by atoms with van der Waals surface area (Å²) >= 11 is 0. The van der Waals surface area contributed by atoms with Gasteiger partial charge in [0, 0.05) is 12.0 Å². The van der Waals surface area contributed by atoms with Crippen LogP contribution in [0.15, 0.2) is 34.7 Å². The first-order valence-corrected chi connectivity index (χ1v) is 12.3. The minimum absolute atomic E-state index is 0.00461. The second kappa shape index (κ2) is 8.10. The summed E-state index contributed by atoms with van der Waals surface area (Å²) in [5.74, 6) is 3.32. The second-order valence-corrected chi connectivity index (χ2v) is 10.9. The van der Waals surface area contributed by atoms with Crippen LogP contribution in [0.25, 0.3) is 0 Å². The van der Waals surface area contributed by atoms with E-state index in [-0.39, 0.29) is 36.6 Å². The molecule has 1 aromatic heterocycles. The zero-order chi connectivity index (χ0) is 21.5. The van der Waals surface area contributed by atoms with Gasteiger partial charge in [0.05, 0.1) is 18.1 Å². The molecule has 0 bridgehead atoms. The van der Waals surface area contributed by atoms with E-state index in [1.165, 1.54) is 0 Å². The summed E-state index contributed by atoms with van der Waals surface area (Å²) in [5.41, 5.74) is 1.93. The quantitative estimate of drug-likeness (QED) is 0.669. The van der Waals surface area contributed by atoms with Crippen molar-refractivity contribution in [1.82, 2.24) is 4.90 Å². The van der Waals surface area contributed by atoms with E-state index in [1.807, 2.05) is 44.2 Å². The van der Waals surface area contributed by atoms with E-state index in [0.29, 0.717) is 29.8 Å². The Morgan fingerprint density at radius 2 is 1.90 bits per heavy atom. The van der Waals surface area contributed by atoms with Gasteiger partial charge in [0.25, 0.3) is 5.91 Å². The molecule has 0 N–H and O–H groups in total. The van der Waals surface area contributed by atoms with Crippen LogP contribution in [-0.4, -0.2) is 43.4 Å². The largest absolute Gasteiger partial charge is 0.483 e. The van der Waals surface area contributed by atoms with Crippen molar-refractivity contribution in [3.05, 3.63) is 53.0 Å². The fourth-order valence-electron chi connectivity index (χ4n) is 4.25. The van der Waals surface area contributed by atoms with Crippen LogP contribution >= 0.6 is 0 Å². The molecular formula is C23H29NO5S. The van der Waals surface area contributed by atoms with Gasteiger partial charge in [0.2, 0.25) is 0 Å². The number of amides is 1. The zero-order valence-electron chi connectivity index (χ0n) is 17.8. The number of rotatable bonds is 7. The van der Waals surface area contributed by atoms with Crippen molar-refractivity contribution in [3.63, 3.8) is 0 Å². The molecule has 2 aromatic rings. The summed E-state index contributed by atoms with van der Waals surface area (Å²) in [6.45, 7) is 6.21. The van der Waals surface area contributed by atoms with Crippen molar-refractivity contribution in [2.45, 2.75) is 52.1 Å². The molecule has 7 heteroatoms. The van der Waals surface area contributed by atoms with Gasteiger partial charge in [-0.25, -0.2) is 8.42 Å². The van der Waals surface area contributed by atoms with Gasteiger partial charge in [-0.1, -0.05) is 25.1 Å². The van der Waals surface area contributed by atoms with Crippen molar-refractivity contribution in [3.8, 4) is 5.75 Å². The van der Waals surface area contributed by atoms with Crippen molar-refractivity contribution < 1.29 is 22.4 Å². The molecular weight excluding hydrogens is 402 g/mol. The van der Waals surface area contributed by atoms with Crippen molar-refractivity contribution >= 4 is 15.7 Å². The van der Waals surface area contributed by atoms with Crippen LogP contribution in [0.1, 0.15) is 48.3 Å². The molecule has 4 rings (SSSR count). The summed E-state index contributed by atoms with van der Waals surface area (Å²) in [4.78, 5) is 14.7. The van der Waals surface area contributed by atoms with E-state index >= 15 is 0 Å². The van der Waals surface area contributed by atoms with Crippen molar-refractivity contribution in [1.29, 1.82) is 0 Å². The monoisotopic (exact) mass is 431 g/mol. The third-order valence-corrected chi connectivity index (χ3v) is 7.95. The molecule has 1 aliphatic heterocycles. The van der Waals surface area contributed by atoms with Crippen molar-refractivity contribution in [2.75, 3.05) is 18.1 Å². The molecule has 3 unspecified atom stereocenters. The molecule has 2 fully saturated rings. The van der Waals surface area contributed by atoms with Gasteiger partial charge in [-0.05, 0) is 55.9 Å². The van der Waals surface area contributed by atoms with Crippen LogP contribution in [0.2, 0.25) is 0 Å². The molecule has 0 radical (unpaired) electrons. The first kappa shape index (κ1) is 21.0. The number of ether oxygens (including phenoxy) is 1. The van der Waals surface area contributed by atoms with E-state index < -0.39 is 9.84 Å². The molecule has 3 atom stereocenters. The lowest BCUT2D eigenvalue weighted by Gasteiger charge is -2.27. The first-order valence-electron chi connectivity index (χ1n) is 10.5. The number of nitrogens with zero attached hydrogens (tertiary/aromatic N) is 1. The van der Waals surface area contributed by atoms with Gasteiger partial charge in [-0.2, -0.15) is 0 Å². The number of para-hydroxylation sites is 1. The molecule has 2 heterocycles. The van der Waals surface area contributed by atoms with Gasteiger partial charge in [-0.15, -0.1) is 0 Å². The predicted molar refractivity (Wildman–Crippen MR) is 114 cm³/mol. The van der Waals surface area contributed by atoms with E-state index in [9.17, 15) is 13.2 Å². The highest BCUT2D eigenvalue weighted by Gasteiger charge is 2.38. The number of aryl methyl sites for hydroxylation is 2. The average molecular weight is 432 g/mol. The minimum Gasteiger partial charge on any atom is -0.483 e. The molecule has 1 saturated heterocycles. The molecule has 1 aliphatic carbocycles. The zero-order valence-corrected chi connectivity index (χ0v) is 18.6. The Kier molecular flexibility index (Phi) is 5.66. The lowest BCUT2D eigenvalue weighted by atomic mass is 10.1. The van der Waals surface area contributed by atoms with Gasteiger partial charge < -0.3 is 14.1 Å². The van der Waals surface area contributed by atoms with Crippen LogP contribution < -0.4 is 4.74 Å². The highest BCUT2D eigenvalue weighted by molar-refractivity contribution is 7.91. The molecule has 1 saturated carbocycles. The first-order chi connectivity index (χ1) is 14.2. The summed E-state index contributed by atoms with van der Waals surface area (Å²) in [5, 5.41) is 0. The van der Waals surface area contributed by atoms with Gasteiger partial charge in [-0.3, -0.25) is 4.79 Å². The number of hydrogen-bond donors (Lipinski definition) is 0. The Morgan fingerprint density at radius 3 is 2.50 bits per heavy atom. The number of benzene rings is 1. The Balaban J connectivity index is 1.49. The van der Waals surface area contributed by atoms with Crippen LogP contribution in [0, 0.1) is 19.8 Å². The lowest BCUT2D eigenvalue weighted by Crippen LogP contribution is -2.43. The van der Waals surface area contributed by atoms with E-state index in [2.05, 4.69) is 6.92 Å². The smallest absolute Gasteiger partial charge is 0.261 e. The second-order valence-electron chi connectivity index (χ2n) is 8.71. The summed E-state index contributed by atoms with van der Waals surface area (Å²) < 4.78 is 35.9. The summed E-state index contributed by atoms with van der Waals surface area (Å²) in [6.07, 6.45) is 1.57. The Morgan fingerprint density at radius 1 is 1.20 bits per heavy atom. The topological polar surface area (TPSA) is 76.8 Å². The molecule has 2 aliphatic rings. The molecule has 0 spiro atoms. The normalized spacial score (nSPS) is 24.6. The minimum atomic E-state index is -3.12. The highest BCUT2D eigenvalue weighted by atomic mass is 32.2. The fourth-order valence-corrected chi connectivity index (χ4v) is 5.98. The third-order valence-electron chi connectivity index (χ3n) is 6.20. The fraction of sp³-hybridized carbons (Fsp3) is 0.522. The standard InChI is InChI=1S/C23H29NO5S/c1-15-5-4-6-16(2)23(15)28-13-22(25)24(18-9-10-30(26,27)14-18)12-19-7-8-21(29-19)20-11-17(20)3/h4-8,17-18,20H,9-14H2,1-3H3. The van der Waals surface area contributed by atoms with Crippen LogP contribution in [0.3, 0.4) is 0 Å². The number of sulfone groups is 1. The Bertz CT molecular complexity index is 1020. The molecule has 1 amide bonds. The summed E-state index contributed by atoms with van der Waals surface area (Å²) in [7, 11) is -3.12. The van der Waals surface area contributed by atoms with Crippen molar-refractivity contribution in [2.24, 2.45) is 5.92 Å². The predicted octanol–water partition coefficient (Wildman–Crippen LogP) is 3.61. The average Bonchev–Trinajstić information content (AvgIpc) is 3.08. The third kappa shape index (κ3) is 4.56. The van der Waals surface area contributed by atoms with Crippen LogP contribution in [0.5, 0.6) is 5.75 Å². The highest BCUT2D eigenvalue weighted by Crippen LogP contribution is 2.47. The van der Waals surface area contributed by atoms with Gasteiger partial charge >= 0.3 is 0 Å². The number of hydrogen-bond acceptors (Lipinski definition) is 5. The SMILES string of the molecule is Cc1cccc(C)c1OCC(=O)N(Cc1ccc(C2CC2C)o1)C1CCS(=O)(=O)C1. The molecule has 162 valence electrons. The van der Waals surface area contributed by atoms with Gasteiger partial charge in [0.15, 0.2) is 16.4 Å².